The molecule has 3 amide bonds. The maximum atomic E-state index is 13.4. The number of hydrogen-bond donors (Lipinski definition) is 1. The zero-order valence-electron chi connectivity index (χ0n) is 21.0. The third-order valence-electron chi connectivity index (χ3n) is 6.21. The molecule has 200 valence electrons. The Morgan fingerprint density at radius 3 is 2.29 bits per heavy atom. The number of carbonyl (C=O) groups excluding carboxylic acids is 2. The molecule has 0 bridgehead atoms. The van der Waals surface area contributed by atoms with Crippen LogP contribution < -0.4 is 15.0 Å². The van der Waals surface area contributed by atoms with Crippen LogP contribution in [0.2, 0.25) is 0 Å². The van der Waals surface area contributed by atoms with Crippen molar-refractivity contribution in [1.29, 1.82) is 0 Å². The first-order chi connectivity index (χ1) is 17.9. The van der Waals surface area contributed by atoms with E-state index >= 15 is 0 Å². The lowest BCUT2D eigenvalue weighted by Gasteiger charge is -2.34. The number of anilines is 1. The summed E-state index contributed by atoms with van der Waals surface area (Å²) in [6.45, 7) is 1.44. The van der Waals surface area contributed by atoms with E-state index in [4.69, 9.17) is 4.74 Å². The molecule has 1 aliphatic heterocycles. The molecular weight excluding hydrogens is 530 g/mol. The molecule has 0 atom stereocenters. The van der Waals surface area contributed by atoms with Crippen molar-refractivity contribution < 1.29 is 31.2 Å². The van der Waals surface area contributed by atoms with Crippen LogP contribution in [0.25, 0.3) is 0 Å². The van der Waals surface area contributed by atoms with Gasteiger partial charge in [-0.15, -0.1) is 0 Å². The van der Waals surface area contributed by atoms with Crippen LogP contribution in [0.4, 0.5) is 10.5 Å². The Labute approximate surface area is 221 Å². The van der Waals surface area contributed by atoms with Crippen LogP contribution >= 0.6 is 0 Å². The smallest absolute Gasteiger partial charge is 0.338 e. The van der Waals surface area contributed by atoms with E-state index in [1.165, 1.54) is 37.4 Å². The number of methoxy groups -OCH3 is 1. The number of sulfone groups is 1. The number of urea groups is 1. The van der Waals surface area contributed by atoms with Crippen molar-refractivity contribution in [2.75, 3.05) is 31.4 Å². The fraction of sp³-hybridized carbons (Fsp3) is 0.231. The van der Waals surface area contributed by atoms with Crippen LogP contribution in [0.15, 0.2) is 76.5 Å². The fourth-order valence-corrected chi connectivity index (χ4v) is 6.91. The third kappa shape index (κ3) is 5.36. The van der Waals surface area contributed by atoms with Gasteiger partial charge in [-0.1, -0.05) is 29.8 Å². The van der Waals surface area contributed by atoms with Gasteiger partial charge in [0.25, 0.3) is 15.9 Å². The van der Waals surface area contributed by atoms with Gasteiger partial charge in [-0.3, -0.25) is 9.69 Å². The van der Waals surface area contributed by atoms with Crippen LogP contribution in [0, 0.1) is 6.92 Å². The van der Waals surface area contributed by atoms with Crippen LogP contribution in [0.1, 0.15) is 21.5 Å². The molecule has 4 rings (SSSR count). The SMILES string of the molecule is COc1ccc(CNC(=O)c2ccc3c(c2)S(=O)(=O)N(CCS(=O)(=O)c2ccc(C)cc2)C(=O)N3C)cc1. The van der Waals surface area contributed by atoms with Gasteiger partial charge in [0.15, 0.2) is 9.84 Å². The lowest BCUT2D eigenvalue weighted by atomic mass is 10.1. The predicted octanol–water partition coefficient (Wildman–Crippen LogP) is 2.97. The maximum absolute atomic E-state index is 13.4. The number of nitrogens with zero attached hydrogens (tertiary/aromatic N) is 2. The van der Waals surface area contributed by atoms with Crippen LogP contribution in [0.5, 0.6) is 5.75 Å². The summed E-state index contributed by atoms with van der Waals surface area (Å²) in [6.07, 6.45) is 0. The van der Waals surface area contributed by atoms with Crippen molar-refractivity contribution in [3.05, 3.63) is 83.4 Å². The van der Waals surface area contributed by atoms with E-state index in [1.54, 1.807) is 43.5 Å². The summed E-state index contributed by atoms with van der Waals surface area (Å²) in [6, 6.07) is 16.4. The summed E-state index contributed by atoms with van der Waals surface area (Å²) >= 11 is 0. The summed E-state index contributed by atoms with van der Waals surface area (Å²) < 4.78 is 58.1. The van der Waals surface area contributed by atoms with Crippen molar-refractivity contribution in [2.24, 2.45) is 0 Å². The van der Waals surface area contributed by atoms with E-state index in [0.29, 0.717) is 10.1 Å². The summed E-state index contributed by atoms with van der Waals surface area (Å²) in [5, 5.41) is 2.74. The molecule has 0 unspecified atom stereocenters. The molecular formula is C26H27N3O7S2. The van der Waals surface area contributed by atoms with Crippen molar-refractivity contribution >= 4 is 37.5 Å². The molecule has 0 aliphatic carbocycles. The van der Waals surface area contributed by atoms with E-state index in [-0.39, 0.29) is 27.6 Å². The number of amides is 3. The fourth-order valence-electron chi connectivity index (χ4n) is 3.94. The van der Waals surface area contributed by atoms with Crippen molar-refractivity contribution in [1.82, 2.24) is 9.62 Å². The standard InChI is InChI=1S/C26H27N3O7S2/c1-18-4-11-22(12-5-18)37(32,33)15-14-29-26(31)28(2)23-13-8-20(16-24(23)38(29,34)35)25(30)27-17-19-6-9-21(36-3)10-7-19/h4-13,16H,14-15,17H2,1-3H3,(H,27,30). The van der Waals surface area contributed by atoms with Gasteiger partial charge in [0, 0.05) is 19.2 Å². The summed E-state index contributed by atoms with van der Waals surface area (Å²) in [4.78, 5) is 26.6. The second-order valence-corrected chi connectivity index (χ2v) is 12.7. The second-order valence-electron chi connectivity index (χ2n) is 8.76. The van der Waals surface area contributed by atoms with E-state index in [0.717, 1.165) is 16.0 Å². The van der Waals surface area contributed by atoms with Crippen LogP contribution in [-0.4, -0.2) is 59.5 Å². The average Bonchev–Trinajstić information content (AvgIpc) is 2.90. The van der Waals surface area contributed by atoms with Crippen LogP contribution in [-0.2, 0) is 26.4 Å². The largest absolute Gasteiger partial charge is 0.497 e. The minimum atomic E-state index is -4.42. The van der Waals surface area contributed by atoms with Gasteiger partial charge in [0.1, 0.15) is 10.6 Å². The number of ether oxygens (including phenoxy) is 1. The zero-order valence-corrected chi connectivity index (χ0v) is 22.7. The molecule has 0 saturated heterocycles. The highest BCUT2D eigenvalue weighted by Gasteiger charge is 2.41. The quantitative estimate of drug-likeness (QED) is 0.451. The van der Waals surface area contributed by atoms with E-state index in [1.807, 2.05) is 6.92 Å². The van der Waals surface area contributed by atoms with Gasteiger partial charge < -0.3 is 10.1 Å². The molecule has 3 aromatic carbocycles. The van der Waals surface area contributed by atoms with Crippen LogP contribution in [0.3, 0.4) is 0 Å². The second kappa shape index (κ2) is 10.5. The highest BCUT2D eigenvalue weighted by molar-refractivity contribution is 7.91. The Hall–Kier alpha value is -3.90. The molecule has 0 radical (unpaired) electrons. The molecule has 0 spiro atoms. The zero-order chi connectivity index (χ0) is 27.7. The number of sulfonamides is 1. The van der Waals surface area contributed by atoms with E-state index < -0.39 is 44.1 Å². The number of fused-ring (bicyclic) bond motifs is 1. The molecule has 0 fully saturated rings. The molecule has 1 aliphatic rings. The number of nitrogens with one attached hydrogen (secondary N) is 1. The van der Waals surface area contributed by atoms with E-state index in [9.17, 15) is 26.4 Å². The Morgan fingerprint density at radius 1 is 1.00 bits per heavy atom. The first-order valence-corrected chi connectivity index (χ1v) is 14.7. The van der Waals surface area contributed by atoms with Gasteiger partial charge >= 0.3 is 6.03 Å². The third-order valence-corrected chi connectivity index (χ3v) is 9.72. The first-order valence-electron chi connectivity index (χ1n) is 11.6. The Balaban J connectivity index is 1.55. The van der Waals surface area contributed by atoms with Gasteiger partial charge in [-0.05, 0) is 55.0 Å². The van der Waals surface area contributed by atoms with Gasteiger partial charge in [-0.2, -0.15) is 0 Å². The lowest BCUT2D eigenvalue weighted by Crippen LogP contribution is -2.50. The summed E-state index contributed by atoms with van der Waals surface area (Å²) in [5.41, 5.74) is 1.87. The highest BCUT2D eigenvalue weighted by Crippen LogP contribution is 2.34. The number of aryl methyl sites for hydroxylation is 1. The minimum absolute atomic E-state index is 0.0366. The Kier molecular flexibility index (Phi) is 7.47. The summed E-state index contributed by atoms with van der Waals surface area (Å²) in [5.74, 6) is -0.423. The summed E-state index contributed by atoms with van der Waals surface area (Å²) in [7, 11) is -5.34. The highest BCUT2D eigenvalue weighted by atomic mass is 32.2. The predicted molar refractivity (Wildman–Crippen MR) is 142 cm³/mol. The molecule has 3 aromatic rings. The molecule has 1 N–H and O–H groups in total. The number of rotatable bonds is 8. The molecule has 10 nitrogen and oxygen atoms in total. The number of carbonyl (C=O) groups is 2. The van der Waals surface area contributed by atoms with Crippen molar-refractivity contribution in [3.8, 4) is 5.75 Å². The van der Waals surface area contributed by atoms with Gasteiger partial charge in [0.2, 0.25) is 0 Å². The molecule has 0 aromatic heterocycles. The number of benzene rings is 3. The van der Waals surface area contributed by atoms with Gasteiger partial charge in [0.05, 0.1) is 30.0 Å². The molecule has 12 heteroatoms. The first kappa shape index (κ1) is 27.1. The average molecular weight is 558 g/mol. The monoisotopic (exact) mass is 557 g/mol. The topological polar surface area (TPSA) is 130 Å². The Bertz CT molecular complexity index is 1580. The van der Waals surface area contributed by atoms with Crippen molar-refractivity contribution in [2.45, 2.75) is 23.3 Å². The van der Waals surface area contributed by atoms with Crippen molar-refractivity contribution in [3.63, 3.8) is 0 Å². The molecule has 1 heterocycles. The Morgan fingerprint density at radius 2 is 1.66 bits per heavy atom. The molecule has 0 saturated carbocycles. The maximum Gasteiger partial charge on any atom is 0.338 e. The lowest BCUT2D eigenvalue weighted by molar-refractivity contribution is 0.0950. The molecule has 38 heavy (non-hydrogen) atoms. The number of hydrogen-bond acceptors (Lipinski definition) is 7. The van der Waals surface area contributed by atoms with Gasteiger partial charge in [-0.25, -0.2) is 25.9 Å². The van der Waals surface area contributed by atoms with E-state index in [2.05, 4.69) is 5.32 Å². The minimum Gasteiger partial charge on any atom is -0.497 e. The normalized spacial score (nSPS) is 14.7.